The molecular formula is C21H28O2. The van der Waals surface area contributed by atoms with Gasteiger partial charge in [0.05, 0.1) is 0 Å². The van der Waals surface area contributed by atoms with Crippen LogP contribution in [0.2, 0.25) is 0 Å². The standard InChI is InChI=1S/C21H28O2/c1-13-5-6-17-18-19(13,3)9-7-14(2)20(18,4)12-15-11-16(22)8-10-21(15,17)23/h8,10-11,14,17-18,23H,1,5-7,9,12H2,2-4H3/t14-,17-,18+,19+,20+,21+/m0/s1. The van der Waals surface area contributed by atoms with Crippen LogP contribution in [-0.2, 0) is 4.79 Å². The molecule has 2 nitrogen and oxygen atoms in total. The Morgan fingerprint density at radius 3 is 2.78 bits per heavy atom. The van der Waals surface area contributed by atoms with Crippen LogP contribution in [0.15, 0.2) is 36.0 Å². The third-order valence-corrected chi connectivity index (χ3v) is 8.06. The largest absolute Gasteiger partial charge is 0.381 e. The lowest BCUT2D eigenvalue weighted by molar-refractivity contribution is -0.153. The summed E-state index contributed by atoms with van der Waals surface area (Å²) in [7, 11) is 0. The van der Waals surface area contributed by atoms with Gasteiger partial charge < -0.3 is 5.11 Å². The number of carbonyl (C=O) groups is 1. The minimum atomic E-state index is -0.920. The maximum absolute atomic E-state index is 11.9. The maximum atomic E-state index is 11.9. The van der Waals surface area contributed by atoms with Crippen molar-refractivity contribution in [3.05, 3.63) is 36.0 Å². The third-order valence-electron chi connectivity index (χ3n) is 8.06. The Morgan fingerprint density at radius 2 is 2.04 bits per heavy atom. The van der Waals surface area contributed by atoms with E-state index in [2.05, 4.69) is 27.4 Å². The average molecular weight is 312 g/mol. The lowest BCUT2D eigenvalue weighted by Gasteiger charge is -2.67. The molecule has 4 aliphatic carbocycles. The second-order valence-corrected chi connectivity index (χ2v) is 9.00. The van der Waals surface area contributed by atoms with E-state index in [1.807, 2.05) is 0 Å². The molecule has 0 aromatic rings. The number of ketones is 1. The van der Waals surface area contributed by atoms with Crippen molar-refractivity contribution in [3.63, 3.8) is 0 Å². The molecule has 6 atom stereocenters. The van der Waals surface area contributed by atoms with E-state index in [9.17, 15) is 9.90 Å². The fraction of sp³-hybridized carbons (Fsp3) is 0.667. The number of fused-ring (bicyclic) bond motifs is 2. The predicted molar refractivity (Wildman–Crippen MR) is 91.8 cm³/mol. The number of rotatable bonds is 0. The van der Waals surface area contributed by atoms with Crippen LogP contribution in [-0.4, -0.2) is 16.5 Å². The second kappa shape index (κ2) is 4.47. The summed E-state index contributed by atoms with van der Waals surface area (Å²) in [4.78, 5) is 11.9. The van der Waals surface area contributed by atoms with Crippen LogP contribution >= 0.6 is 0 Å². The molecule has 0 radical (unpaired) electrons. The molecule has 0 bridgehead atoms. The highest BCUT2D eigenvalue weighted by molar-refractivity contribution is 6.01. The number of carbonyl (C=O) groups excluding carboxylic acids is 1. The minimum absolute atomic E-state index is 0.0261. The van der Waals surface area contributed by atoms with E-state index >= 15 is 0 Å². The Labute approximate surface area is 139 Å². The Kier molecular flexibility index (Phi) is 2.99. The zero-order valence-corrected chi connectivity index (χ0v) is 14.6. The summed E-state index contributed by atoms with van der Waals surface area (Å²) < 4.78 is 0. The van der Waals surface area contributed by atoms with Gasteiger partial charge in [-0.3, -0.25) is 4.79 Å². The van der Waals surface area contributed by atoms with E-state index in [0.29, 0.717) is 11.8 Å². The summed E-state index contributed by atoms with van der Waals surface area (Å²) in [6.45, 7) is 11.6. The molecule has 0 aliphatic heterocycles. The van der Waals surface area contributed by atoms with Crippen LogP contribution < -0.4 is 0 Å². The highest BCUT2D eigenvalue weighted by Crippen LogP contribution is 2.70. The van der Waals surface area contributed by atoms with E-state index in [1.54, 1.807) is 18.2 Å². The number of aliphatic hydroxyl groups is 1. The zero-order valence-electron chi connectivity index (χ0n) is 14.6. The van der Waals surface area contributed by atoms with E-state index in [-0.39, 0.29) is 22.5 Å². The molecule has 1 N–H and O–H groups in total. The summed E-state index contributed by atoms with van der Waals surface area (Å²) in [5, 5.41) is 11.5. The SMILES string of the molecule is C=C1CC[C@H]2[C@H]3[C@](C)(CC4=CC(=O)C=C[C@@]42O)[C@@H](C)CC[C@]13C. The molecule has 2 heteroatoms. The monoisotopic (exact) mass is 312 g/mol. The molecule has 0 unspecified atom stereocenters. The van der Waals surface area contributed by atoms with Gasteiger partial charge in [-0.1, -0.05) is 32.9 Å². The Hall–Kier alpha value is -1.15. The first kappa shape index (κ1) is 15.4. The van der Waals surface area contributed by atoms with Crippen molar-refractivity contribution in [1.29, 1.82) is 0 Å². The van der Waals surface area contributed by atoms with Gasteiger partial charge in [0.25, 0.3) is 0 Å². The molecule has 124 valence electrons. The highest BCUT2D eigenvalue weighted by Gasteiger charge is 2.65. The molecule has 0 saturated heterocycles. The fourth-order valence-corrected chi connectivity index (χ4v) is 6.49. The van der Waals surface area contributed by atoms with Crippen molar-refractivity contribution in [3.8, 4) is 0 Å². The van der Waals surface area contributed by atoms with Crippen LogP contribution in [0.4, 0.5) is 0 Å². The van der Waals surface area contributed by atoms with Crippen LogP contribution in [0.5, 0.6) is 0 Å². The summed E-state index contributed by atoms with van der Waals surface area (Å²) in [6.07, 6.45) is 10.3. The highest BCUT2D eigenvalue weighted by atomic mass is 16.3. The molecule has 0 heterocycles. The molecule has 0 spiro atoms. The lowest BCUT2D eigenvalue weighted by Crippen LogP contribution is -2.63. The van der Waals surface area contributed by atoms with Crippen molar-refractivity contribution >= 4 is 5.78 Å². The van der Waals surface area contributed by atoms with E-state index in [4.69, 9.17) is 0 Å². The van der Waals surface area contributed by atoms with Gasteiger partial charge in [0.15, 0.2) is 5.78 Å². The first-order chi connectivity index (χ1) is 10.7. The van der Waals surface area contributed by atoms with E-state index < -0.39 is 5.60 Å². The lowest BCUT2D eigenvalue weighted by atomic mass is 9.38. The fourth-order valence-electron chi connectivity index (χ4n) is 6.49. The molecule has 3 saturated carbocycles. The smallest absolute Gasteiger partial charge is 0.178 e. The molecule has 23 heavy (non-hydrogen) atoms. The first-order valence-corrected chi connectivity index (χ1v) is 9.07. The third kappa shape index (κ3) is 1.76. The summed E-state index contributed by atoms with van der Waals surface area (Å²) in [5.74, 6) is 1.29. The van der Waals surface area contributed by atoms with Gasteiger partial charge in [-0.15, -0.1) is 0 Å². The van der Waals surface area contributed by atoms with Gasteiger partial charge >= 0.3 is 0 Å². The normalized spacial score (nSPS) is 51.8. The Balaban J connectivity index is 1.91. The summed E-state index contributed by atoms with van der Waals surface area (Å²) >= 11 is 0. The van der Waals surface area contributed by atoms with Crippen molar-refractivity contribution in [2.75, 3.05) is 0 Å². The second-order valence-electron chi connectivity index (χ2n) is 9.00. The molecule has 0 amide bonds. The van der Waals surface area contributed by atoms with Crippen LogP contribution in [0.1, 0.15) is 52.9 Å². The van der Waals surface area contributed by atoms with Gasteiger partial charge in [0.2, 0.25) is 0 Å². The van der Waals surface area contributed by atoms with Gasteiger partial charge in [0.1, 0.15) is 5.60 Å². The van der Waals surface area contributed by atoms with Crippen LogP contribution in [0.25, 0.3) is 0 Å². The van der Waals surface area contributed by atoms with Crippen molar-refractivity contribution in [1.82, 2.24) is 0 Å². The van der Waals surface area contributed by atoms with Gasteiger partial charge in [0, 0.05) is 0 Å². The molecular weight excluding hydrogens is 284 g/mol. The first-order valence-electron chi connectivity index (χ1n) is 9.07. The zero-order chi connectivity index (χ0) is 16.6. The van der Waals surface area contributed by atoms with E-state index in [1.165, 1.54) is 18.4 Å². The molecule has 4 aliphatic rings. The molecule has 3 fully saturated rings. The van der Waals surface area contributed by atoms with Crippen molar-refractivity contribution in [2.24, 2.45) is 28.6 Å². The van der Waals surface area contributed by atoms with Crippen LogP contribution in [0, 0.1) is 28.6 Å². The predicted octanol–water partition coefficient (Wildman–Crippen LogP) is 4.21. The molecule has 0 aromatic carbocycles. The average Bonchev–Trinajstić information content (AvgIpc) is 2.49. The van der Waals surface area contributed by atoms with Gasteiger partial charge in [-0.05, 0) is 84.5 Å². The summed E-state index contributed by atoms with van der Waals surface area (Å²) in [5.41, 5.74) is 1.68. The molecule has 0 aromatic heterocycles. The molecule has 4 rings (SSSR count). The Bertz CT molecular complexity index is 657. The Morgan fingerprint density at radius 1 is 1.30 bits per heavy atom. The number of hydrogen-bond acceptors (Lipinski definition) is 2. The quantitative estimate of drug-likeness (QED) is 0.680. The topological polar surface area (TPSA) is 37.3 Å². The van der Waals surface area contributed by atoms with Gasteiger partial charge in [-0.2, -0.15) is 0 Å². The number of allylic oxidation sites excluding steroid dienone is 3. The van der Waals surface area contributed by atoms with E-state index in [0.717, 1.165) is 24.8 Å². The van der Waals surface area contributed by atoms with Crippen molar-refractivity contribution < 1.29 is 9.90 Å². The minimum Gasteiger partial charge on any atom is -0.381 e. The summed E-state index contributed by atoms with van der Waals surface area (Å²) in [6, 6.07) is 0. The maximum Gasteiger partial charge on any atom is 0.178 e. The number of hydrogen-bond donors (Lipinski definition) is 1. The van der Waals surface area contributed by atoms with Gasteiger partial charge in [-0.25, -0.2) is 0 Å². The van der Waals surface area contributed by atoms with Crippen molar-refractivity contribution in [2.45, 2.75) is 58.5 Å². The van der Waals surface area contributed by atoms with Crippen LogP contribution in [0.3, 0.4) is 0 Å².